The number of hydrogen-bond donors (Lipinski definition) is 1. The average Bonchev–Trinajstić information content (AvgIpc) is 1.80. The van der Waals surface area contributed by atoms with Crippen LogP contribution in [-0.4, -0.2) is 29.7 Å². The number of ether oxygens (including phenoxy) is 1. The van der Waals surface area contributed by atoms with Gasteiger partial charge in [-0.1, -0.05) is 0 Å². The quantitative estimate of drug-likeness (QED) is 0.684. The van der Waals surface area contributed by atoms with Gasteiger partial charge in [0.15, 0.2) is 6.10 Å². The molecule has 0 amide bonds. The summed E-state index contributed by atoms with van der Waals surface area (Å²) in [6.07, 6.45) is -1.18. The van der Waals surface area contributed by atoms with Gasteiger partial charge in [0, 0.05) is 6.92 Å². The van der Waals surface area contributed by atoms with Crippen molar-refractivity contribution in [1.29, 1.82) is 0 Å². The molecule has 1 atom stereocenters. The third-order valence-corrected chi connectivity index (χ3v) is 0.935. The molecule has 0 radical (unpaired) electrons. The van der Waals surface area contributed by atoms with Gasteiger partial charge in [0.25, 0.3) is 5.92 Å². The molecule has 5 heteroatoms. The van der Waals surface area contributed by atoms with Crippen LogP contribution in [0.2, 0.25) is 0 Å². The summed E-state index contributed by atoms with van der Waals surface area (Å²) >= 11 is 0. The summed E-state index contributed by atoms with van der Waals surface area (Å²) in [5.74, 6) is -4.21. The normalized spacial score (nSPS) is 14.5. The van der Waals surface area contributed by atoms with Gasteiger partial charge in [0.05, 0.1) is 0 Å². The summed E-state index contributed by atoms with van der Waals surface area (Å²) in [6.45, 7) is 1.01. The largest absolute Gasteiger partial charge is 0.479 e. The highest BCUT2D eigenvalue weighted by molar-refractivity contribution is 5.71. The maximum absolute atomic E-state index is 12.0. The summed E-state index contributed by atoms with van der Waals surface area (Å²) in [7, 11) is 0. The highest BCUT2D eigenvalue weighted by Crippen LogP contribution is 2.12. The van der Waals surface area contributed by atoms with Crippen molar-refractivity contribution >= 4 is 5.97 Å². The van der Waals surface area contributed by atoms with Crippen molar-refractivity contribution in [1.82, 2.24) is 0 Å². The van der Waals surface area contributed by atoms with E-state index in [2.05, 4.69) is 4.74 Å². The third kappa shape index (κ3) is 5.72. The molecule has 0 saturated carbocycles. The number of rotatable bonds is 4. The monoisotopic (exact) mass is 168 g/mol. The highest BCUT2D eigenvalue weighted by Gasteiger charge is 2.24. The molecule has 0 aliphatic heterocycles. The van der Waals surface area contributed by atoms with Crippen LogP contribution >= 0.6 is 0 Å². The van der Waals surface area contributed by atoms with Crippen LogP contribution in [-0.2, 0) is 9.53 Å². The van der Waals surface area contributed by atoms with Gasteiger partial charge in [-0.15, -0.1) is 0 Å². The zero-order valence-corrected chi connectivity index (χ0v) is 6.30. The van der Waals surface area contributed by atoms with Gasteiger partial charge < -0.3 is 9.84 Å². The molecular weight excluding hydrogens is 158 g/mol. The second-order valence-corrected chi connectivity index (χ2v) is 2.36. The molecule has 3 nitrogen and oxygen atoms in total. The molecule has 11 heavy (non-hydrogen) atoms. The molecule has 0 heterocycles. The fourth-order valence-electron chi connectivity index (χ4n) is 0.343. The minimum absolute atomic E-state index is 0.668. The molecule has 0 spiro atoms. The van der Waals surface area contributed by atoms with Gasteiger partial charge in [-0.3, -0.25) is 0 Å². The lowest BCUT2D eigenvalue weighted by Gasteiger charge is -2.12. The number of aliphatic carboxylic acids is 1. The molecule has 0 aromatic carbocycles. The van der Waals surface area contributed by atoms with E-state index in [1.165, 1.54) is 6.92 Å². The first-order chi connectivity index (χ1) is 4.83. The number of carboxylic acids is 1. The van der Waals surface area contributed by atoms with E-state index >= 15 is 0 Å². The van der Waals surface area contributed by atoms with Gasteiger partial charge in [0.1, 0.15) is 6.61 Å². The first kappa shape index (κ1) is 10.3. The van der Waals surface area contributed by atoms with Crippen molar-refractivity contribution in [3.8, 4) is 0 Å². The second-order valence-electron chi connectivity index (χ2n) is 2.36. The summed E-state index contributed by atoms with van der Waals surface area (Å²) in [5, 5.41) is 8.21. The fraction of sp³-hybridized carbons (Fsp3) is 0.833. The Labute approximate surface area is 63.0 Å². The number of carboxylic acid groups (broad SMARTS) is 1. The van der Waals surface area contributed by atoms with Crippen LogP contribution in [0.1, 0.15) is 13.8 Å². The number of hydrogen-bond acceptors (Lipinski definition) is 2. The molecular formula is C6H10F2O3. The van der Waals surface area contributed by atoms with Crippen molar-refractivity contribution in [3.63, 3.8) is 0 Å². The van der Waals surface area contributed by atoms with E-state index in [9.17, 15) is 13.6 Å². The van der Waals surface area contributed by atoms with Crippen LogP contribution in [0.25, 0.3) is 0 Å². The number of alkyl halides is 2. The maximum atomic E-state index is 12.0. The second kappa shape index (κ2) is 3.61. The standard InChI is InChI=1S/C6H10F2O3/c1-4(5(9)10)11-3-6(2,7)8/h4H,3H2,1-2H3,(H,9,10). The average molecular weight is 168 g/mol. The fourth-order valence-corrected chi connectivity index (χ4v) is 0.343. The Morgan fingerprint density at radius 2 is 2.18 bits per heavy atom. The molecule has 0 aliphatic carbocycles. The zero-order valence-electron chi connectivity index (χ0n) is 6.30. The first-order valence-corrected chi connectivity index (χ1v) is 3.05. The summed E-state index contributed by atoms with van der Waals surface area (Å²) in [6, 6.07) is 0. The maximum Gasteiger partial charge on any atom is 0.332 e. The van der Waals surface area contributed by atoms with Gasteiger partial charge in [0.2, 0.25) is 0 Å². The minimum Gasteiger partial charge on any atom is -0.479 e. The van der Waals surface area contributed by atoms with E-state index in [4.69, 9.17) is 5.11 Å². The lowest BCUT2D eigenvalue weighted by Crippen LogP contribution is -2.27. The Morgan fingerprint density at radius 3 is 2.45 bits per heavy atom. The van der Waals surface area contributed by atoms with E-state index < -0.39 is 24.6 Å². The van der Waals surface area contributed by atoms with E-state index in [1.54, 1.807) is 0 Å². The Morgan fingerprint density at radius 1 is 1.73 bits per heavy atom. The van der Waals surface area contributed by atoms with Crippen molar-refractivity contribution < 1.29 is 23.4 Å². The molecule has 0 aliphatic rings. The summed E-state index contributed by atoms with van der Waals surface area (Å²) in [5.41, 5.74) is 0. The van der Waals surface area contributed by atoms with Crippen LogP contribution in [0.4, 0.5) is 8.78 Å². The van der Waals surface area contributed by atoms with Crippen LogP contribution in [0.15, 0.2) is 0 Å². The predicted molar refractivity (Wildman–Crippen MR) is 33.7 cm³/mol. The SMILES string of the molecule is CC(OCC(C)(F)F)C(=O)O. The van der Waals surface area contributed by atoms with E-state index in [0.717, 1.165) is 0 Å². The summed E-state index contributed by atoms with van der Waals surface area (Å²) < 4.78 is 28.4. The van der Waals surface area contributed by atoms with Crippen LogP contribution in [0, 0.1) is 0 Å². The third-order valence-electron chi connectivity index (χ3n) is 0.935. The van der Waals surface area contributed by atoms with E-state index in [-0.39, 0.29) is 0 Å². The lowest BCUT2D eigenvalue weighted by atomic mass is 10.4. The molecule has 1 unspecified atom stereocenters. The van der Waals surface area contributed by atoms with Gasteiger partial charge in [-0.05, 0) is 6.92 Å². The Bertz CT molecular complexity index is 141. The van der Waals surface area contributed by atoms with Gasteiger partial charge in [-0.25, -0.2) is 13.6 Å². The van der Waals surface area contributed by atoms with Crippen molar-refractivity contribution in [2.45, 2.75) is 25.9 Å². The highest BCUT2D eigenvalue weighted by atomic mass is 19.3. The lowest BCUT2D eigenvalue weighted by molar-refractivity contribution is -0.155. The molecule has 1 N–H and O–H groups in total. The molecule has 0 aromatic rings. The molecule has 66 valence electrons. The van der Waals surface area contributed by atoms with Gasteiger partial charge in [-0.2, -0.15) is 0 Å². The smallest absolute Gasteiger partial charge is 0.332 e. The van der Waals surface area contributed by atoms with E-state index in [1.807, 2.05) is 0 Å². The predicted octanol–water partition coefficient (Wildman–Crippen LogP) is 1.13. The molecule has 0 rings (SSSR count). The molecule has 0 saturated heterocycles. The Balaban J connectivity index is 3.63. The molecule has 0 aromatic heterocycles. The summed E-state index contributed by atoms with van der Waals surface area (Å²) in [4.78, 5) is 10.0. The minimum atomic E-state index is -2.97. The Hall–Kier alpha value is -0.710. The van der Waals surface area contributed by atoms with Crippen molar-refractivity contribution in [2.75, 3.05) is 6.61 Å². The van der Waals surface area contributed by atoms with Crippen LogP contribution in [0.5, 0.6) is 0 Å². The topological polar surface area (TPSA) is 46.5 Å². The van der Waals surface area contributed by atoms with Crippen LogP contribution < -0.4 is 0 Å². The molecule has 0 bridgehead atoms. The van der Waals surface area contributed by atoms with Crippen LogP contribution in [0.3, 0.4) is 0 Å². The first-order valence-electron chi connectivity index (χ1n) is 3.05. The van der Waals surface area contributed by atoms with Crippen molar-refractivity contribution in [3.05, 3.63) is 0 Å². The van der Waals surface area contributed by atoms with Crippen molar-refractivity contribution in [2.24, 2.45) is 0 Å². The Kier molecular flexibility index (Phi) is 3.38. The number of halogens is 2. The number of carbonyl (C=O) groups is 1. The van der Waals surface area contributed by atoms with E-state index in [0.29, 0.717) is 6.92 Å². The molecule has 0 fully saturated rings. The zero-order chi connectivity index (χ0) is 9.07. The van der Waals surface area contributed by atoms with Gasteiger partial charge >= 0.3 is 5.97 Å².